The van der Waals surface area contributed by atoms with E-state index in [-0.39, 0.29) is 5.82 Å². The molecule has 1 aliphatic heterocycles. The van der Waals surface area contributed by atoms with Crippen molar-refractivity contribution in [1.29, 1.82) is 0 Å². The Morgan fingerprint density at radius 3 is 2.69 bits per heavy atom. The zero-order chi connectivity index (χ0) is 18.5. The van der Waals surface area contributed by atoms with Crippen molar-refractivity contribution in [1.82, 2.24) is 4.90 Å². The number of hydrogen-bond donors (Lipinski definition) is 2. The molecular formula is C20H25FN3OS+. The highest BCUT2D eigenvalue weighted by Crippen LogP contribution is 2.18. The van der Waals surface area contributed by atoms with E-state index in [2.05, 4.69) is 29.3 Å². The number of aryl methyl sites for hydroxylation is 1. The average Bonchev–Trinajstić information content (AvgIpc) is 2.62. The second-order valence-electron chi connectivity index (χ2n) is 6.67. The molecule has 138 valence electrons. The van der Waals surface area contributed by atoms with Gasteiger partial charge < -0.3 is 19.9 Å². The molecular weight excluding hydrogens is 349 g/mol. The van der Waals surface area contributed by atoms with Gasteiger partial charge in [-0.15, -0.1) is 0 Å². The van der Waals surface area contributed by atoms with E-state index in [0.29, 0.717) is 0 Å². The van der Waals surface area contributed by atoms with Crippen LogP contribution in [0.5, 0.6) is 5.75 Å². The predicted octanol–water partition coefficient (Wildman–Crippen LogP) is 2.24. The second-order valence-corrected chi connectivity index (χ2v) is 7.06. The molecule has 2 N–H and O–H groups in total. The van der Waals surface area contributed by atoms with E-state index in [1.165, 1.54) is 16.5 Å². The van der Waals surface area contributed by atoms with E-state index < -0.39 is 0 Å². The molecule has 0 amide bonds. The predicted molar refractivity (Wildman–Crippen MR) is 106 cm³/mol. The molecule has 0 bridgehead atoms. The largest absolute Gasteiger partial charge is 0.496 e. The summed E-state index contributed by atoms with van der Waals surface area (Å²) in [4.78, 5) is 3.60. The monoisotopic (exact) mass is 374 g/mol. The number of quaternary nitrogens is 1. The molecule has 1 saturated heterocycles. The molecule has 2 aromatic carbocycles. The van der Waals surface area contributed by atoms with Gasteiger partial charge in [-0.25, -0.2) is 4.39 Å². The first-order valence-electron chi connectivity index (χ1n) is 8.84. The van der Waals surface area contributed by atoms with Crippen molar-refractivity contribution < 1.29 is 14.0 Å². The standard InChI is InChI=1S/C20H24FN3OS/c1-15-4-3-5-18(12-15)22-20(26)24-10-8-23(9-11-24)14-16-13-17(21)6-7-19(16)25-2/h3-7,12-13H,8-11,14H2,1-2H3,(H,22,26)/p+1. The van der Waals surface area contributed by atoms with Gasteiger partial charge in [-0.2, -0.15) is 0 Å². The van der Waals surface area contributed by atoms with Crippen LogP contribution in [0.4, 0.5) is 10.1 Å². The van der Waals surface area contributed by atoms with E-state index in [1.54, 1.807) is 19.2 Å². The summed E-state index contributed by atoms with van der Waals surface area (Å²) in [6.45, 7) is 6.49. The lowest BCUT2D eigenvalue weighted by molar-refractivity contribution is -0.917. The number of hydrogen-bond acceptors (Lipinski definition) is 2. The topological polar surface area (TPSA) is 28.9 Å². The summed E-state index contributed by atoms with van der Waals surface area (Å²) in [5.41, 5.74) is 3.14. The molecule has 0 aliphatic carbocycles. The van der Waals surface area contributed by atoms with Crippen LogP contribution >= 0.6 is 12.2 Å². The van der Waals surface area contributed by atoms with E-state index in [1.807, 2.05) is 12.1 Å². The summed E-state index contributed by atoms with van der Waals surface area (Å²) in [7, 11) is 1.62. The Morgan fingerprint density at radius 2 is 2.00 bits per heavy atom. The number of benzene rings is 2. The van der Waals surface area contributed by atoms with Gasteiger partial charge in [0.15, 0.2) is 5.11 Å². The first-order chi connectivity index (χ1) is 12.5. The summed E-state index contributed by atoms with van der Waals surface area (Å²) in [5.74, 6) is 0.528. The van der Waals surface area contributed by atoms with Crippen LogP contribution < -0.4 is 15.0 Å². The number of thiocarbonyl (C=S) groups is 1. The van der Waals surface area contributed by atoms with Crippen molar-refractivity contribution in [2.75, 3.05) is 38.6 Å². The fraction of sp³-hybridized carbons (Fsp3) is 0.350. The van der Waals surface area contributed by atoms with E-state index in [9.17, 15) is 4.39 Å². The quantitative estimate of drug-likeness (QED) is 0.804. The Kier molecular flexibility index (Phi) is 6.06. The van der Waals surface area contributed by atoms with Crippen LogP contribution in [0.3, 0.4) is 0 Å². The lowest BCUT2D eigenvalue weighted by Crippen LogP contribution is -3.13. The summed E-state index contributed by atoms with van der Waals surface area (Å²) < 4.78 is 18.9. The van der Waals surface area contributed by atoms with Gasteiger partial charge in [0, 0.05) is 5.69 Å². The normalized spacial score (nSPS) is 15.0. The van der Waals surface area contributed by atoms with Gasteiger partial charge in [-0.05, 0) is 55.0 Å². The van der Waals surface area contributed by atoms with Crippen LogP contribution in [0.2, 0.25) is 0 Å². The minimum atomic E-state index is -0.220. The van der Waals surface area contributed by atoms with Crippen LogP contribution in [0, 0.1) is 12.7 Å². The molecule has 0 atom stereocenters. The van der Waals surface area contributed by atoms with E-state index in [0.717, 1.165) is 54.8 Å². The Morgan fingerprint density at radius 1 is 1.23 bits per heavy atom. The molecule has 1 aliphatic rings. The smallest absolute Gasteiger partial charge is 0.173 e. The lowest BCUT2D eigenvalue weighted by Gasteiger charge is -2.34. The number of nitrogens with one attached hydrogen (secondary N) is 2. The SMILES string of the molecule is COc1ccc(F)cc1C[NH+]1CCN(C(=S)Nc2cccc(C)c2)CC1. The number of piperazine rings is 1. The number of nitrogens with zero attached hydrogens (tertiary/aromatic N) is 1. The maximum absolute atomic E-state index is 13.5. The first kappa shape index (κ1) is 18.6. The second kappa shape index (κ2) is 8.47. The average molecular weight is 375 g/mol. The summed E-state index contributed by atoms with van der Waals surface area (Å²) in [5, 5.41) is 4.08. The number of ether oxygens (including phenoxy) is 1. The summed E-state index contributed by atoms with van der Waals surface area (Å²) >= 11 is 5.56. The minimum Gasteiger partial charge on any atom is -0.496 e. The van der Waals surface area contributed by atoms with Crippen molar-refractivity contribution in [3.8, 4) is 5.75 Å². The number of halogens is 1. The first-order valence-corrected chi connectivity index (χ1v) is 9.24. The molecule has 3 rings (SSSR count). The van der Waals surface area contributed by atoms with Gasteiger partial charge in [0.1, 0.15) is 18.1 Å². The number of rotatable bonds is 4. The summed E-state index contributed by atoms with van der Waals surface area (Å²) in [6, 6.07) is 12.9. The molecule has 26 heavy (non-hydrogen) atoms. The fourth-order valence-corrected chi connectivity index (χ4v) is 3.58. The van der Waals surface area contributed by atoms with Crippen LogP contribution in [-0.2, 0) is 6.54 Å². The Labute approximate surface area is 159 Å². The molecule has 0 saturated carbocycles. The lowest BCUT2D eigenvalue weighted by atomic mass is 10.1. The molecule has 1 fully saturated rings. The van der Waals surface area contributed by atoms with Gasteiger partial charge in [0.25, 0.3) is 0 Å². The van der Waals surface area contributed by atoms with Gasteiger partial charge >= 0.3 is 0 Å². The van der Waals surface area contributed by atoms with Gasteiger partial charge in [-0.3, -0.25) is 0 Å². The number of methoxy groups -OCH3 is 1. The Hall–Kier alpha value is -2.18. The highest BCUT2D eigenvalue weighted by atomic mass is 32.1. The van der Waals surface area contributed by atoms with E-state index in [4.69, 9.17) is 17.0 Å². The molecule has 0 unspecified atom stereocenters. The number of anilines is 1. The summed E-state index contributed by atoms with van der Waals surface area (Å²) in [6.07, 6.45) is 0. The van der Waals surface area contributed by atoms with Crippen LogP contribution in [0.25, 0.3) is 0 Å². The third kappa shape index (κ3) is 4.71. The van der Waals surface area contributed by atoms with Crippen molar-refractivity contribution in [3.63, 3.8) is 0 Å². The molecule has 4 nitrogen and oxygen atoms in total. The zero-order valence-electron chi connectivity index (χ0n) is 15.2. The van der Waals surface area contributed by atoms with Gasteiger partial charge in [-0.1, -0.05) is 12.1 Å². The van der Waals surface area contributed by atoms with E-state index >= 15 is 0 Å². The molecule has 0 spiro atoms. The van der Waals surface area contributed by atoms with Crippen molar-refractivity contribution >= 4 is 23.0 Å². The Bertz CT molecular complexity index is 775. The van der Waals surface area contributed by atoms with Crippen molar-refractivity contribution in [3.05, 3.63) is 59.4 Å². The minimum absolute atomic E-state index is 0.220. The maximum Gasteiger partial charge on any atom is 0.173 e. The molecule has 6 heteroatoms. The highest BCUT2D eigenvalue weighted by molar-refractivity contribution is 7.80. The molecule has 2 aromatic rings. The third-order valence-electron chi connectivity index (χ3n) is 4.71. The molecule has 0 aromatic heterocycles. The maximum atomic E-state index is 13.5. The molecule has 1 heterocycles. The zero-order valence-corrected chi connectivity index (χ0v) is 16.0. The molecule has 0 radical (unpaired) electrons. The van der Waals surface area contributed by atoms with Crippen LogP contribution in [0.1, 0.15) is 11.1 Å². The van der Waals surface area contributed by atoms with Gasteiger partial charge in [0.05, 0.1) is 38.9 Å². The fourth-order valence-electron chi connectivity index (χ4n) is 3.28. The highest BCUT2D eigenvalue weighted by Gasteiger charge is 2.23. The third-order valence-corrected chi connectivity index (χ3v) is 5.07. The van der Waals surface area contributed by atoms with Crippen molar-refractivity contribution in [2.24, 2.45) is 0 Å². The van der Waals surface area contributed by atoms with Crippen LogP contribution in [-0.4, -0.2) is 43.3 Å². The van der Waals surface area contributed by atoms with Crippen molar-refractivity contribution in [2.45, 2.75) is 13.5 Å². The van der Waals surface area contributed by atoms with Crippen LogP contribution in [0.15, 0.2) is 42.5 Å². The van der Waals surface area contributed by atoms with Gasteiger partial charge in [0.2, 0.25) is 0 Å². The Balaban J connectivity index is 1.54.